The molecule has 11 heteroatoms. The van der Waals surface area contributed by atoms with Crippen LogP contribution in [0, 0.1) is 15.5 Å². The molecule has 0 heterocycles. The summed E-state index contributed by atoms with van der Waals surface area (Å²) in [5.74, 6) is -0.879. The molecular weight excluding hydrogens is 408 g/mol. The average Bonchev–Trinajstić information content (AvgIpc) is 2.78. The van der Waals surface area contributed by atoms with Crippen molar-refractivity contribution in [3.05, 3.63) is 50.4 Å². The molecule has 11 nitrogen and oxygen atoms in total. The van der Waals surface area contributed by atoms with Crippen LogP contribution in [0.15, 0.2) is 29.4 Å². The summed E-state index contributed by atoms with van der Waals surface area (Å²) in [7, 11) is 0. The Bertz CT molecular complexity index is 768. The Morgan fingerprint density at radius 1 is 1.10 bits per heavy atom. The number of carbonyl (C=O) groups is 2. The number of Topliss-reactive ketones (excluding diaryl/α,β-unsaturated/α-hetero) is 1. The molecule has 0 aromatic heterocycles. The Morgan fingerprint density at radius 2 is 1.71 bits per heavy atom. The standard InChI is InChI=1S/C20H28N4O7/c1-3-29-13-20(14-30-4-2,18(25)7-5-6-12-22-23-21)15-31-19(26)16-8-10-17(11-9-16)24(27)28/h8-11H,3-7,12-15H2,1-2H3. The summed E-state index contributed by atoms with van der Waals surface area (Å²) >= 11 is 0. The lowest BCUT2D eigenvalue weighted by Gasteiger charge is -2.31. The van der Waals surface area contributed by atoms with E-state index in [9.17, 15) is 19.7 Å². The molecule has 1 rings (SSSR count). The third-order valence-corrected chi connectivity index (χ3v) is 4.53. The largest absolute Gasteiger partial charge is 0.461 e. The van der Waals surface area contributed by atoms with Crippen molar-refractivity contribution >= 4 is 17.4 Å². The van der Waals surface area contributed by atoms with Gasteiger partial charge in [0.15, 0.2) is 0 Å². The minimum atomic E-state index is -1.18. The van der Waals surface area contributed by atoms with Crippen LogP contribution in [0.25, 0.3) is 10.4 Å². The van der Waals surface area contributed by atoms with Crippen molar-refractivity contribution in [2.45, 2.75) is 33.1 Å². The molecule has 0 radical (unpaired) electrons. The second-order valence-electron chi connectivity index (χ2n) is 6.77. The summed E-state index contributed by atoms with van der Waals surface area (Å²) < 4.78 is 16.4. The number of ketones is 1. The summed E-state index contributed by atoms with van der Waals surface area (Å²) in [6.07, 6.45) is 1.25. The fourth-order valence-electron chi connectivity index (χ4n) is 2.75. The lowest BCUT2D eigenvalue weighted by Crippen LogP contribution is -2.45. The lowest BCUT2D eigenvalue weighted by atomic mass is 9.83. The van der Waals surface area contributed by atoms with Gasteiger partial charge in [-0.1, -0.05) is 5.11 Å². The van der Waals surface area contributed by atoms with E-state index in [1.54, 1.807) is 13.8 Å². The van der Waals surface area contributed by atoms with Crippen LogP contribution in [0.1, 0.15) is 43.5 Å². The Labute approximate surface area is 180 Å². The molecule has 0 saturated carbocycles. The molecule has 0 spiro atoms. The van der Waals surface area contributed by atoms with Crippen LogP contribution < -0.4 is 0 Å². The number of ether oxygens (including phenoxy) is 3. The van der Waals surface area contributed by atoms with Crippen LogP contribution in [0.3, 0.4) is 0 Å². The number of hydrogen-bond donors (Lipinski definition) is 0. The highest BCUT2D eigenvalue weighted by molar-refractivity contribution is 5.90. The van der Waals surface area contributed by atoms with Gasteiger partial charge in [0.1, 0.15) is 17.8 Å². The van der Waals surface area contributed by atoms with E-state index in [2.05, 4.69) is 10.0 Å². The number of nitrogens with zero attached hydrogens (tertiary/aromatic N) is 4. The normalized spacial score (nSPS) is 10.9. The maximum absolute atomic E-state index is 13.0. The fourth-order valence-corrected chi connectivity index (χ4v) is 2.75. The van der Waals surface area contributed by atoms with Gasteiger partial charge in [0.05, 0.1) is 23.7 Å². The van der Waals surface area contributed by atoms with Crippen molar-refractivity contribution in [1.82, 2.24) is 0 Å². The van der Waals surface area contributed by atoms with E-state index in [4.69, 9.17) is 19.7 Å². The molecule has 0 unspecified atom stereocenters. The number of nitro benzene ring substituents is 1. The molecule has 0 aliphatic heterocycles. The number of carbonyl (C=O) groups excluding carboxylic acids is 2. The van der Waals surface area contributed by atoms with Gasteiger partial charge in [-0.15, -0.1) is 0 Å². The quantitative estimate of drug-likeness (QED) is 0.0724. The molecule has 170 valence electrons. The molecule has 0 atom stereocenters. The zero-order chi connectivity index (χ0) is 23.1. The van der Waals surface area contributed by atoms with Crippen molar-refractivity contribution in [3.8, 4) is 0 Å². The van der Waals surface area contributed by atoms with Crippen LogP contribution in [0.4, 0.5) is 5.69 Å². The number of non-ortho nitro benzene ring substituents is 1. The van der Waals surface area contributed by atoms with Crippen LogP contribution in [0.2, 0.25) is 0 Å². The molecule has 1 aromatic carbocycles. The van der Waals surface area contributed by atoms with Crippen LogP contribution in [-0.2, 0) is 19.0 Å². The predicted molar refractivity (Wildman–Crippen MR) is 112 cm³/mol. The van der Waals surface area contributed by atoms with Gasteiger partial charge in [0.25, 0.3) is 5.69 Å². The summed E-state index contributed by atoms with van der Waals surface area (Å²) in [5.41, 5.74) is 7.14. The van der Waals surface area contributed by atoms with Crippen LogP contribution in [0.5, 0.6) is 0 Å². The van der Waals surface area contributed by atoms with Crippen LogP contribution in [-0.4, -0.2) is 56.3 Å². The van der Waals surface area contributed by atoms with E-state index < -0.39 is 16.3 Å². The first-order chi connectivity index (χ1) is 14.9. The second-order valence-corrected chi connectivity index (χ2v) is 6.77. The van der Waals surface area contributed by atoms with Gasteiger partial charge in [0, 0.05) is 43.2 Å². The number of esters is 1. The van der Waals surface area contributed by atoms with Gasteiger partial charge in [-0.25, -0.2) is 4.79 Å². The summed E-state index contributed by atoms with van der Waals surface area (Å²) in [4.78, 5) is 38.4. The average molecular weight is 436 g/mol. The van der Waals surface area contributed by atoms with Gasteiger partial charge in [-0.2, -0.15) is 0 Å². The Morgan fingerprint density at radius 3 is 2.23 bits per heavy atom. The lowest BCUT2D eigenvalue weighted by molar-refractivity contribution is -0.384. The Hall–Kier alpha value is -3.01. The molecule has 0 fully saturated rings. The van der Waals surface area contributed by atoms with Crippen molar-refractivity contribution in [2.75, 3.05) is 39.6 Å². The zero-order valence-electron chi connectivity index (χ0n) is 17.8. The number of benzene rings is 1. The maximum Gasteiger partial charge on any atom is 0.338 e. The highest BCUT2D eigenvalue weighted by Gasteiger charge is 2.40. The third kappa shape index (κ3) is 8.71. The molecule has 0 amide bonds. The van der Waals surface area contributed by atoms with Crippen LogP contribution >= 0.6 is 0 Å². The van der Waals surface area contributed by atoms with Gasteiger partial charge < -0.3 is 14.2 Å². The molecule has 0 bridgehead atoms. The first-order valence-electron chi connectivity index (χ1n) is 10.0. The SMILES string of the molecule is CCOCC(COCC)(COC(=O)c1ccc([N+](=O)[O-])cc1)C(=O)CCCCN=[N+]=[N-]. The Balaban J connectivity index is 2.91. The first-order valence-corrected chi connectivity index (χ1v) is 10.0. The highest BCUT2D eigenvalue weighted by atomic mass is 16.6. The summed E-state index contributed by atoms with van der Waals surface area (Å²) in [6, 6.07) is 5.01. The predicted octanol–water partition coefficient (Wildman–Crippen LogP) is 3.86. The topological polar surface area (TPSA) is 154 Å². The molecule has 0 saturated heterocycles. The minimum Gasteiger partial charge on any atom is -0.461 e. The van der Waals surface area contributed by atoms with Crippen molar-refractivity contribution in [3.63, 3.8) is 0 Å². The van der Waals surface area contributed by atoms with Gasteiger partial charge >= 0.3 is 5.97 Å². The molecule has 0 aliphatic rings. The number of nitro groups is 1. The Kier molecular flexibility index (Phi) is 11.8. The van der Waals surface area contributed by atoms with Gasteiger partial charge in [0.2, 0.25) is 0 Å². The van der Waals surface area contributed by atoms with E-state index in [0.29, 0.717) is 32.6 Å². The summed E-state index contributed by atoms with van der Waals surface area (Å²) in [5, 5.41) is 14.2. The van der Waals surface area contributed by atoms with E-state index in [1.807, 2.05) is 0 Å². The maximum atomic E-state index is 13.0. The number of hydrogen-bond acceptors (Lipinski definition) is 8. The van der Waals surface area contributed by atoms with E-state index in [0.717, 1.165) is 0 Å². The van der Waals surface area contributed by atoms with Gasteiger partial charge in [-0.3, -0.25) is 14.9 Å². The molecule has 0 aliphatic carbocycles. The van der Waals surface area contributed by atoms with E-state index in [1.165, 1.54) is 24.3 Å². The minimum absolute atomic E-state index is 0.0201. The highest BCUT2D eigenvalue weighted by Crippen LogP contribution is 2.25. The first kappa shape index (κ1) is 26.0. The van der Waals surface area contributed by atoms with E-state index in [-0.39, 0.29) is 43.3 Å². The third-order valence-electron chi connectivity index (χ3n) is 4.53. The monoisotopic (exact) mass is 436 g/mol. The molecular formula is C20H28N4O7. The number of azide groups is 1. The zero-order valence-corrected chi connectivity index (χ0v) is 17.8. The molecule has 31 heavy (non-hydrogen) atoms. The number of unbranched alkanes of at least 4 members (excludes halogenated alkanes) is 1. The molecule has 0 N–H and O–H groups in total. The van der Waals surface area contributed by atoms with E-state index >= 15 is 0 Å². The van der Waals surface area contributed by atoms with Crippen molar-refractivity contribution in [1.29, 1.82) is 0 Å². The smallest absolute Gasteiger partial charge is 0.338 e. The van der Waals surface area contributed by atoms with Crippen molar-refractivity contribution < 1.29 is 28.7 Å². The fraction of sp³-hybridized carbons (Fsp3) is 0.600. The van der Waals surface area contributed by atoms with Crippen molar-refractivity contribution in [2.24, 2.45) is 10.5 Å². The summed E-state index contributed by atoms with van der Waals surface area (Å²) in [6.45, 7) is 4.40. The molecule has 1 aromatic rings. The van der Waals surface area contributed by atoms with Gasteiger partial charge in [-0.05, 0) is 44.4 Å². The second kappa shape index (κ2) is 14.1. The number of rotatable bonds is 16.